The molecule has 1 saturated carbocycles. The zero-order valence-electron chi connectivity index (χ0n) is 12.6. The summed E-state index contributed by atoms with van der Waals surface area (Å²) in [6.07, 6.45) is 0.892. The minimum atomic E-state index is -1.03. The number of rotatable bonds is 4. The largest absolute Gasteiger partial charge is 0.481 e. The molecule has 0 aromatic heterocycles. The zero-order valence-corrected chi connectivity index (χ0v) is 12.6. The molecule has 1 heterocycles. The number of hydrogen-bond acceptors (Lipinski definition) is 4. The number of carbonyl (C=O) groups is 3. The third kappa shape index (κ3) is 3.08. The van der Waals surface area contributed by atoms with Crippen molar-refractivity contribution in [2.45, 2.75) is 37.6 Å². The first-order valence-corrected chi connectivity index (χ1v) is 7.67. The number of halogens is 2. The lowest BCUT2D eigenvalue weighted by atomic mass is 9.80. The highest BCUT2D eigenvalue weighted by atomic mass is 19.1. The van der Waals surface area contributed by atoms with Crippen molar-refractivity contribution in [1.29, 1.82) is 0 Å². The maximum atomic E-state index is 14.3. The van der Waals surface area contributed by atoms with Crippen LogP contribution in [0.5, 0.6) is 0 Å². The summed E-state index contributed by atoms with van der Waals surface area (Å²) in [4.78, 5) is 33.7. The Labute approximate surface area is 136 Å². The fourth-order valence-corrected chi connectivity index (χ4v) is 3.14. The van der Waals surface area contributed by atoms with Gasteiger partial charge in [-0.3, -0.25) is 19.7 Å². The van der Waals surface area contributed by atoms with Crippen LogP contribution in [0.3, 0.4) is 0 Å². The number of hydrogen-bond donors (Lipinski definition) is 3. The van der Waals surface area contributed by atoms with Crippen LogP contribution in [0.2, 0.25) is 0 Å². The first-order valence-electron chi connectivity index (χ1n) is 7.67. The molecule has 1 atom stereocenters. The van der Waals surface area contributed by atoms with Crippen LogP contribution < -0.4 is 10.6 Å². The number of piperidine rings is 1. The van der Waals surface area contributed by atoms with Crippen molar-refractivity contribution in [3.8, 4) is 0 Å². The van der Waals surface area contributed by atoms with Gasteiger partial charge in [0, 0.05) is 23.7 Å². The van der Waals surface area contributed by atoms with Crippen molar-refractivity contribution in [2.75, 3.05) is 5.32 Å². The number of anilines is 1. The first kappa shape index (κ1) is 16.4. The Morgan fingerprint density at radius 1 is 1.21 bits per heavy atom. The van der Waals surface area contributed by atoms with Gasteiger partial charge in [-0.25, -0.2) is 8.78 Å². The molecule has 8 heteroatoms. The maximum absolute atomic E-state index is 14.3. The third-order valence-electron chi connectivity index (χ3n) is 4.52. The average Bonchev–Trinajstić information content (AvgIpc) is 2.43. The number of amides is 2. The second-order valence-corrected chi connectivity index (χ2v) is 6.21. The molecule has 0 unspecified atom stereocenters. The van der Waals surface area contributed by atoms with E-state index in [-0.39, 0.29) is 30.1 Å². The number of carboxylic acid groups (broad SMARTS) is 1. The molecule has 3 rings (SSSR count). The molecule has 1 aromatic carbocycles. The Balaban J connectivity index is 1.73. The molecule has 2 fully saturated rings. The van der Waals surface area contributed by atoms with Crippen molar-refractivity contribution in [3.05, 3.63) is 29.3 Å². The molecule has 6 nitrogen and oxygen atoms in total. The Bertz CT molecular complexity index is 693. The van der Waals surface area contributed by atoms with E-state index in [4.69, 9.17) is 5.11 Å². The van der Waals surface area contributed by atoms with Crippen molar-refractivity contribution < 1.29 is 28.3 Å². The molecule has 0 radical (unpaired) electrons. The number of imide groups is 1. The van der Waals surface area contributed by atoms with Gasteiger partial charge in [-0.05, 0) is 31.4 Å². The quantitative estimate of drug-likeness (QED) is 0.727. The summed E-state index contributed by atoms with van der Waals surface area (Å²) in [5.41, 5.74) is -0.141. The molecule has 2 amide bonds. The van der Waals surface area contributed by atoms with Gasteiger partial charge in [0.25, 0.3) is 0 Å². The van der Waals surface area contributed by atoms with Crippen molar-refractivity contribution in [2.24, 2.45) is 5.92 Å². The molecule has 2 aliphatic rings. The Hall–Kier alpha value is -2.51. The van der Waals surface area contributed by atoms with Gasteiger partial charge in [-0.1, -0.05) is 0 Å². The van der Waals surface area contributed by atoms with Crippen molar-refractivity contribution in [3.63, 3.8) is 0 Å². The van der Waals surface area contributed by atoms with E-state index in [1.165, 1.54) is 0 Å². The van der Waals surface area contributed by atoms with E-state index in [1.54, 1.807) is 0 Å². The summed E-state index contributed by atoms with van der Waals surface area (Å²) in [5.74, 6) is -5.21. The van der Waals surface area contributed by atoms with E-state index in [2.05, 4.69) is 10.6 Å². The van der Waals surface area contributed by atoms with E-state index in [9.17, 15) is 23.2 Å². The first-order chi connectivity index (χ1) is 11.3. The SMILES string of the molecule is O=C1CC[C@H](c2c(F)cc(N[C@H]3C[C@H](C(=O)O)C3)cc2F)C(=O)N1. The van der Waals surface area contributed by atoms with Gasteiger partial charge in [0.2, 0.25) is 11.8 Å². The maximum Gasteiger partial charge on any atom is 0.306 e. The van der Waals surface area contributed by atoms with Crippen LogP contribution in [-0.2, 0) is 14.4 Å². The summed E-state index contributed by atoms with van der Waals surface area (Å²) >= 11 is 0. The van der Waals surface area contributed by atoms with Gasteiger partial charge < -0.3 is 10.4 Å². The molecule has 3 N–H and O–H groups in total. The van der Waals surface area contributed by atoms with Crippen LogP contribution in [0.25, 0.3) is 0 Å². The molecular weight excluding hydrogens is 322 g/mol. The van der Waals surface area contributed by atoms with Crippen LogP contribution in [0.15, 0.2) is 12.1 Å². The smallest absolute Gasteiger partial charge is 0.306 e. The standard InChI is InChI=1S/C16H16F2N2O4/c17-11-5-9(19-8-3-7(4-8)16(23)24)6-12(18)14(11)10-1-2-13(21)20-15(10)22/h5-8,10,19H,1-4H2,(H,23,24)(H,20,21,22)/t7-,8-,10-/m1/s1. The molecule has 128 valence electrons. The monoisotopic (exact) mass is 338 g/mol. The van der Waals surface area contributed by atoms with Gasteiger partial charge in [-0.2, -0.15) is 0 Å². The molecule has 1 aromatic rings. The molecule has 0 spiro atoms. The van der Waals surface area contributed by atoms with E-state index < -0.39 is 41.3 Å². The van der Waals surface area contributed by atoms with Crippen LogP contribution in [0.1, 0.15) is 37.2 Å². The highest BCUT2D eigenvalue weighted by Gasteiger charge is 2.35. The highest BCUT2D eigenvalue weighted by Crippen LogP contribution is 2.34. The summed E-state index contributed by atoms with van der Waals surface area (Å²) in [6, 6.07) is 2.04. The van der Waals surface area contributed by atoms with Crippen LogP contribution >= 0.6 is 0 Å². The van der Waals surface area contributed by atoms with Crippen LogP contribution in [-0.4, -0.2) is 28.9 Å². The van der Waals surface area contributed by atoms with Crippen LogP contribution in [0.4, 0.5) is 14.5 Å². The molecule has 1 aliphatic carbocycles. The normalized spacial score (nSPS) is 26.5. The van der Waals surface area contributed by atoms with E-state index in [1.807, 2.05) is 0 Å². The fourth-order valence-electron chi connectivity index (χ4n) is 3.14. The average molecular weight is 338 g/mol. The Morgan fingerprint density at radius 2 is 1.83 bits per heavy atom. The second kappa shape index (κ2) is 6.18. The third-order valence-corrected chi connectivity index (χ3v) is 4.52. The summed E-state index contributed by atoms with van der Waals surface area (Å²) in [6.45, 7) is 0. The van der Waals surface area contributed by atoms with E-state index in [0.717, 1.165) is 12.1 Å². The number of carboxylic acids is 1. The molecule has 0 bridgehead atoms. The highest BCUT2D eigenvalue weighted by molar-refractivity contribution is 6.01. The summed E-state index contributed by atoms with van der Waals surface area (Å²) in [7, 11) is 0. The molecule has 1 saturated heterocycles. The topological polar surface area (TPSA) is 95.5 Å². The van der Waals surface area contributed by atoms with E-state index in [0.29, 0.717) is 12.8 Å². The Morgan fingerprint density at radius 3 is 2.38 bits per heavy atom. The lowest BCUT2D eigenvalue weighted by Gasteiger charge is -2.33. The van der Waals surface area contributed by atoms with Crippen molar-refractivity contribution >= 4 is 23.5 Å². The summed E-state index contributed by atoms with van der Waals surface area (Å²) < 4.78 is 28.6. The van der Waals surface area contributed by atoms with Crippen LogP contribution in [0, 0.1) is 17.6 Å². The Kier molecular flexibility index (Phi) is 4.21. The second-order valence-electron chi connectivity index (χ2n) is 6.21. The molecular formula is C16H16F2N2O4. The fraction of sp³-hybridized carbons (Fsp3) is 0.438. The minimum Gasteiger partial charge on any atom is -0.481 e. The van der Waals surface area contributed by atoms with Crippen molar-refractivity contribution in [1.82, 2.24) is 5.32 Å². The zero-order chi connectivity index (χ0) is 17.4. The van der Waals surface area contributed by atoms with Gasteiger partial charge in [0.1, 0.15) is 11.6 Å². The lowest BCUT2D eigenvalue weighted by Crippen LogP contribution is -2.40. The predicted octanol–water partition coefficient (Wildman–Crippen LogP) is 1.76. The molecule has 24 heavy (non-hydrogen) atoms. The van der Waals surface area contributed by atoms with E-state index >= 15 is 0 Å². The van der Waals surface area contributed by atoms with Gasteiger partial charge >= 0.3 is 5.97 Å². The molecule has 1 aliphatic heterocycles. The number of nitrogens with one attached hydrogen (secondary N) is 2. The van der Waals surface area contributed by atoms with Gasteiger partial charge in [0.05, 0.1) is 11.8 Å². The lowest BCUT2D eigenvalue weighted by molar-refractivity contribution is -0.144. The van der Waals surface area contributed by atoms with Gasteiger partial charge in [-0.15, -0.1) is 0 Å². The van der Waals surface area contributed by atoms with Gasteiger partial charge in [0.15, 0.2) is 0 Å². The minimum absolute atomic E-state index is 0.0357. The summed E-state index contributed by atoms with van der Waals surface area (Å²) in [5, 5.41) is 13.8. The number of benzene rings is 1. The number of carbonyl (C=O) groups excluding carboxylic acids is 2. The number of aliphatic carboxylic acids is 1. The predicted molar refractivity (Wildman–Crippen MR) is 79.3 cm³/mol.